The quantitative estimate of drug-likeness (QED) is 0.0504. The van der Waals surface area contributed by atoms with E-state index in [4.69, 9.17) is 23.6 Å². The molecule has 0 spiro atoms. The topological polar surface area (TPSA) is 64.6 Å². The molecule has 0 aliphatic carbocycles. The van der Waals surface area contributed by atoms with Crippen molar-refractivity contribution in [2.24, 2.45) is 0 Å². The van der Waals surface area contributed by atoms with Crippen LogP contribution in [-0.2, 0) is 33.4 Å². The van der Waals surface area contributed by atoms with Gasteiger partial charge in [0.2, 0.25) is 0 Å². The lowest BCUT2D eigenvalue weighted by Crippen LogP contribution is -2.16. The van der Waals surface area contributed by atoms with Crippen molar-refractivity contribution < 1.29 is 33.4 Å². The van der Waals surface area contributed by atoms with Gasteiger partial charge in [-0.2, -0.15) is 4.89 Å². The van der Waals surface area contributed by atoms with Gasteiger partial charge < -0.3 is 4.74 Å². The molecule has 1 unspecified atom stereocenters. The van der Waals surface area contributed by atoms with E-state index in [-0.39, 0.29) is 0 Å². The molecule has 0 heterocycles. The smallest absolute Gasteiger partial charge is 0.350 e. The molecule has 0 aromatic rings. The second-order valence-corrected chi connectivity index (χ2v) is 8.08. The third-order valence-electron chi connectivity index (χ3n) is 4.62. The van der Waals surface area contributed by atoms with Gasteiger partial charge in [-0.3, -0.25) is 0 Å². The molecule has 0 saturated carbocycles. The largest absolute Gasteiger partial charge is 0.421 e. The fourth-order valence-corrected chi connectivity index (χ4v) is 3.45. The predicted octanol–water partition coefficient (Wildman–Crippen LogP) is 7.55. The summed E-state index contributed by atoms with van der Waals surface area (Å²) in [4.78, 5) is 14.2. The summed E-state index contributed by atoms with van der Waals surface area (Å²) in [7, 11) is 0.812. The maximum atomic E-state index is 5.68. The van der Waals surface area contributed by atoms with E-state index in [1.165, 1.54) is 97.7 Å². The summed E-state index contributed by atoms with van der Waals surface area (Å²) >= 11 is 0. The van der Waals surface area contributed by atoms with Gasteiger partial charge in [-0.25, -0.2) is 9.78 Å². The third kappa shape index (κ3) is 21.2. The fourth-order valence-electron chi connectivity index (χ4n) is 2.97. The van der Waals surface area contributed by atoms with Crippen molar-refractivity contribution in [3.63, 3.8) is 0 Å². The first-order valence-corrected chi connectivity index (χ1v) is 12.5. The molecule has 0 radical (unpaired) electrons. The van der Waals surface area contributed by atoms with Crippen molar-refractivity contribution >= 4 is 8.60 Å². The summed E-state index contributed by atoms with van der Waals surface area (Å²) < 4.78 is 20.1. The maximum absolute atomic E-state index is 5.68. The van der Waals surface area contributed by atoms with E-state index in [2.05, 4.69) is 16.7 Å². The van der Waals surface area contributed by atoms with E-state index < -0.39 is 14.9 Å². The molecule has 0 rings (SSSR count). The average Bonchev–Trinajstić information content (AvgIpc) is 2.73. The standard InChI is InChI=1S/C21H45O7P/c1-5-7-8-9-10-11-12-13-14-15-16-17-18-19-20-24-21(6-2)25-28-29(26-22-3)27-23-4/h21H,5-20H2,1-4H3. The van der Waals surface area contributed by atoms with Gasteiger partial charge in [-0.15, -0.1) is 14.0 Å². The highest BCUT2D eigenvalue weighted by Crippen LogP contribution is 2.40. The van der Waals surface area contributed by atoms with Crippen LogP contribution in [0.5, 0.6) is 0 Å². The average molecular weight is 441 g/mol. The highest BCUT2D eigenvalue weighted by Gasteiger charge is 2.19. The Labute approximate surface area is 179 Å². The van der Waals surface area contributed by atoms with Gasteiger partial charge >= 0.3 is 8.60 Å². The van der Waals surface area contributed by atoms with E-state index in [9.17, 15) is 0 Å². The Kier molecular flexibility index (Phi) is 24.5. The fraction of sp³-hybridized carbons (Fsp3) is 1.00. The molecule has 0 fully saturated rings. The monoisotopic (exact) mass is 440 g/mol. The zero-order chi connectivity index (χ0) is 21.4. The molecule has 0 aromatic heterocycles. The second-order valence-electron chi connectivity index (χ2n) is 7.18. The zero-order valence-corrected chi connectivity index (χ0v) is 20.1. The van der Waals surface area contributed by atoms with Gasteiger partial charge in [0, 0.05) is 6.61 Å². The van der Waals surface area contributed by atoms with Crippen molar-refractivity contribution in [1.29, 1.82) is 0 Å². The summed E-state index contributed by atoms with van der Waals surface area (Å²) in [5.41, 5.74) is 0. The lowest BCUT2D eigenvalue weighted by molar-refractivity contribution is -0.351. The molecule has 0 amide bonds. The van der Waals surface area contributed by atoms with Crippen molar-refractivity contribution in [1.82, 2.24) is 0 Å². The SMILES string of the molecule is CCCCCCCCCCCCCCCCOC(CC)OOP(OOC)OOC. The van der Waals surface area contributed by atoms with Gasteiger partial charge in [-0.05, 0) is 12.8 Å². The van der Waals surface area contributed by atoms with Crippen LogP contribution in [0.3, 0.4) is 0 Å². The molecule has 0 saturated heterocycles. The number of hydrogen-bond acceptors (Lipinski definition) is 7. The lowest BCUT2D eigenvalue weighted by Gasteiger charge is -2.17. The normalized spacial score (nSPS) is 12.7. The summed E-state index contributed by atoms with van der Waals surface area (Å²) in [5.74, 6) is 0. The minimum atomic E-state index is -1.88. The second kappa shape index (κ2) is 24.4. The van der Waals surface area contributed by atoms with Crippen LogP contribution in [0.1, 0.15) is 110 Å². The van der Waals surface area contributed by atoms with Gasteiger partial charge in [0.1, 0.15) is 0 Å². The molecule has 0 bridgehead atoms. The number of hydrogen-bond donors (Lipinski definition) is 0. The molecular formula is C21H45O7P. The predicted molar refractivity (Wildman–Crippen MR) is 116 cm³/mol. The molecule has 7 nitrogen and oxygen atoms in total. The van der Waals surface area contributed by atoms with Gasteiger partial charge in [0.25, 0.3) is 0 Å². The molecule has 0 aliphatic rings. The highest BCUT2D eigenvalue weighted by molar-refractivity contribution is 7.41. The molecule has 29 heavy (non-hydrogen) atoms. The molecule has 0 N–H and O–H groups in total. The van der Waals surface area contributed by atoms with E-state index in [0.717, 1.165) is 6.42 Å². The zero-order valence-electron chi connectivity index (χ0n) is 19.2. The minimum absolute atomic E-state index is 0.470. The molecule has 0 aromatic carbocycles. The Balaban J connectivity index is 3.40. The van der Waals surface area contributed by atoms with E-state index >= 15 is 0 Å². The Morgan fingerprint density at radius 2 is 1.03 bits per heavy atom. The van der Waals surface area contributed by atoms with Crippen LogP contribution in [0.25, 0.3) is 0 Å². The summed E-state index contributed by atoms with van der Waals surface area (Å²) in [5, 5.41) is 0. The van der Waals surface area contributed by atoms with E-state index in [1.807, 2.05) is 6.92 Å². The van der Waals surface area contributed by atoms with Crippen molar-refractivity contribution in [3.05, 3.63) is 0 Å². The Bertz CT molecular complexity index is 305. The number of ether oxygens (including phenoxy) is 1. The Morgan fingerprint density at radius 3 is 1.45 bits per heavy atom. The first-order valence-electron chi connectivity index (χ1n) is 11.4. The van der Waals surface area contributed by atoms with E-state index in [0.29, 0.717) is 13.0 Å². The third-order valence-corrected chi connectivity index (χ3v) is 5.37. The van der Waals surface area contributed by atoms with Crippen LogP contribution < -0.4 is 0 Å². The first-order chi connectivity index (χ1) is 14.3. The lowest BCUT2D eigenvalue weighted by atomic mass is 10.0. The molecule has 1 atom stereocenters. The maximum Gasteiger partial charge on any atom is 0.421 e. The van der Waals surface area contributed by atoms with Crippen molar-refractivity contribution in [3.8, 4) is 0 Å². The van der Waals surface area contributed by atoms with Crippen LogP contribution in [0, 0.1) is 0 Å². The Morgan fingerprint density at radius 1 is 0.586 bits per heavy atom. The molecule has 8 heteroatoms. The van der Waals surface area contributed by atoms with Crippen LogP contribution in [0.15, 0.2) is 0 Å². The molecular weight excluding hydrogens is 395 g/mol. The minimum Gasteiger partial charge on any atom is -0.350 e. The van der Waals surface area contributed by atoms with Crippen molar-refractivity contribution in [2.45, 2.75) is 116 Å². The van der Waals surface area contributed by atoms with Crippen LogP contribution in [-0.4, -0.2) is 27.1 Å². The van der Waals surface area contributed by atoms with Crippen LogP contribution in [0.2, 0.25) is 0 Å². The van der Waals surface area contributed by atoms with E-state index in [1.54, 1.807) is 0 Å². The van der Waals surface area contributed by atoms with Crippen LogP contribution in [0.4, 0.5) is 0 Å². The molecule has 176 valence electrons. The number of unbranched alkanes of at least 4 members (excludes halogenated alkanes) is 13. The van der Waals surface area contributed by atoms with Crippen LogP contribution >= 0.6 is 8.60 Å². The molecule has 0 aliphatic heterocycles. The number of rotatable bonds is 24. The van der Waals surface area contributed by atoms with Gasteiger partial charge in [0.05, 0.1) is 14.2 Å². The summed E-state index contributed by atoms with van der Waals surface area (Å²) in [6.45, 7) is 4.87. The van der Waals surface area contributed by atoms with Gasteiger partial charge in [-0.1, -0.05) is 97.3 Å². The summed E-state index contributed by atoms with van der Waals surface area (Å²) in [6.07, 6.45) is 18.9. The summed E-state index contributed by atoms with van der Waals surface area (Å²) in [6, 6.07) is 0. The first kappa shape index (κ1) is 29.1. The van der Waals surface area contributed by atoms with Crippen molar-refractivity contribution in [2.75, 3.05) is 20.8 Å². The highest BCUT2D eigenvalue weighted by atomic mass is 31.2. The van der Waals surface area contributed by atoms with Gasteiger partial charge in [0.15, 0.2) is 6.29 Å². The Hall–Kier alpha value is 0.150.